The van der Waals surface area contributed by atoms with Gasteiger partial charge in [-0.2, -0.15) is 17.2 Å². The zero-order valence-electron chi connectivity index (χ0n) is 6.30. The zero-order valence-corrected chi connectivity index (χ0v) is 7.11. The van der Waals surface area contributed by atoms with Gasteiger partial charge in [0.2, 0.25) is 0 Å². The minimum atomic E-state index is -5.63. The smallest absolute Gasteiger partial charge is 0.281 e. The first-order valence-electron chi connectivity index (χ1n) is 3.22. The van der Waals surface area contributed by atoms with E-state index in [2.05, 4.69) is 0 Å². The van der Waals surface area contributed by atoms with E-state index in [-0.39, 0.29) is 6.42 Å². The lowest BCUT2D eigenvalue weighted by Crippen LogP contribution is -2.38. The van der Waals surface area contributed by atoms with E-state index in [1.54, 1.807) is 0 Å². The van der Waals surface area contributed by atoms with Gasteiger partial charge >= 0.3 is 15.4 Å². The van der Waals surface area contributed by atoms with Crippen LogP contribution < -0.4 is 0 Å². The van der Waals surface area contributed by atoms with E-state index in [9.17, 15) is 21.6 Å². The van der Waals surface area contributed by atoms with E-state index >= 15 is 0 Å². The fourth-order valence-electron chi connectivity index (χ4n) is 0.583. The molecule has 0 spiro atoms. The van der Waals surface area contributed by atoms with Crippen LogP contribution in [0.3, 0.4) is 0 Å². The normalized spacial score (nSPS) is 16.1. The zero-order chi connectivity index (χ0) is 9.99. The minimum Gasteiger partial charge on any atom is -0.281 e. The second-order valence-corrected chi connectivity index (χ2v) is 3.79. The van der Waals surface area contributed by atoms with Gasteiger partial charge in [-0.15, -0.1) is 0 Å². The highest BCUT2D eigenvalue weighted by molar-refractivity contribution is 7.86. The summed E-state index contributed by atoms with van der Waals surface area (Å²) in [5.74, 6) is 0. The van der Waals surface area contributed by atoms with Crippen LogP contribution in [0.15, 0.2) is 0 Å². The van der Waals surface area contributed by atoms with Crippen molar-refractivity contribution in [3.8, 4) is 0 Å². The molecule has 0 aliphatic rings. The van der Waals surface area contributed by atoms with Crippen LogP contribution in [0.25, 0.3) is 0 Å². The Morgan fingerprint density at radius 2 is 1.92 bits per heavy atom. The monoisotopic (exact) mass is 206 g/mol. The quantitative estimate of drug-likeness (QED) is 0.711. The third kappa shape index (κ3) is 2.34. The number of halogens is 3. The summed E-state index contributed by atoms with van der Waals surface area (Å²) in [5.41, 5.74) is 0. The molecule has 0 fully saturated rings. The van der Waals surface area contributed by atoms with Gasteiger partial charge in [0.05, 0.1) is 0 Å². The van der Waals surface area contributed by atoms with Gasteiger partial charge in [0.1, 0.15) is 0 Å². The Labute approximate surface area is 68.3 Å². The molecule has 0 rings (SSSR count). The Bertz CT molecular complexity index is 236. The van der Waals surface area contributed by atoms with Gasteiger partial charge in [0, 0.05) is 0 Å². The van der Waals surface area contributed by atoms with Crippen LogP contribution in [0.2, 0.25) is 0 Å². The maximum atomic E-state index is 12.4. The van der Waals surface area contributed by atoms with Crippen LogP contribution in [-0.4, -0.2) is 24.4 Å². The van der Waals surface area contributed by atoms with Gasteiger partial charge in [0.15, 0.2) is 6.17 Å². The number of rotatable bonds is 4. The average Bonchev–Trinajstić information content (AvgIpc) is 1.85. The molecule has 12 heavy (non-hydrogen) atoms. The van der Waals surface area contributed by atoms with Crippen LogP contribution in [-0.2, 0) is 10.1 Å². The van der Waals surface area contributed by atoms with Crippen molar-refractivity contribution in [2.45, 2.75) is 31.2 Å². The molecule has 0 aromatic rings. The molecule has 0 aromatic heterocycles. The van der Waals surface area contributed by atoms with Crippen molar-refractivity contribution in [2.24, 2.45) is 0 Å². The van der Waals surface area contributed by atoms with E-state index in [0.29, 0.717) is 0 Å². The summed E-state index contributed by atoms with van der Waals surface area (Å²) in [5, 5.41) is -4.69. The minimum absolute atomic E-state index is 0.0757. The lowest BCUT2D eigenvalue weighted by Gasteiger charge is -2.16. The predicted molar refractivity (Wildman–Crippen MR) is 36.3 cm³/mol. The molecule has 0 aliphatic heterocycles. The number of hydrogen-bond acceptors (Lipinski definition) is 2. The molecule has 0 bridgehead atoms. The Hall–Kier alpha value is -0.300. The van der Waals surface area contributed by atoms with Gasteiger partial charge in [-0.1, -0.05) is 13.3 Å². The third-order valence-electron chi connectivity index (χ3n) is 1.25. The number of alkyl halides is 3. The molecule has 0 saturated heterocycles. The van der Waals surface area contributed by atoms with Crippen molar-refractivity contribution in [1.29, 1.82) is 0 Å². The molecule has 74 valence electrons. The molecule has 1 unspecified atom stereocenters. The summed E-state index contributed by atoms with van der Waals surface area (Å²) in [6.07, 6.45) is -3.38. The van der Waals surface area contributed by atoms with Crippen molar-refractivity contribution >= 4 is 10.1 Å². The SMILES string of the molecule is CCCC(F)C(F)(F)S(=O)(=O)O. The summed E-state index contributed by atoms with van der Waals surface area (Å²) in [6, 6.07) is 0. The molecule has 3 nitrogen and oxygen atoms in total. The van der Waals surface area contributed by atoms with Crippen LogP contribution >= 0.6 is 0 Å². The highest BCUT2D eigenvalue weighted by Crippen LogP contribution is 2.29. The van der Waals surface area contributed by atoms with E-state index < -0.39 is 28.0 Å². The third-order valence-corrected chi connectivity index (χ3v) is 2.19. The van der Waals surface area contributed by atoms with E-state index in [1.807, 2.05) is 0 Å². The Balaban J connectivity index is 4.62. The lowest BCUT2D eigenvalue weighted by molar-refractivity contribution is -0.00631. The molecule has 0 amide bonds. The highest BCUT2D eigenvalue weighted by Gasteiger charge is 2.51. The second kappa shape index (κ2) is 3.61. The molecule has 1 atom stereocenters. The largest absolute Gasteiger partial charge is 0.400 e. The molecule has 7 heteroatoms. The summed E-state index contributed by atoms with van der Waals surface area (Å²) < 4.78 is 64.8. The molecule has 0 saturated carbocycles. The van der Waals surface area contributed by atoms with Crippen LogP contribution in [0.1, 0.15) is 19.8 Å². The fourth-order valence-corrected chi connectivity index (χ4v) is 1.02. The van der Waals surface area contributed by atoms with Crippen molar-refractivity contribution in [1.82, 2.24) is 0 Å². The fraction of sp³-hybridized carbons (Fsp3) is 1.00. The summed E-state index contributed by atoms with van der Waals surface area (Å²) >= 11 is 0. The first kappa shape index (κ1) is 11.7. The van der Waals surface area contributed by atoms with E-state index in [1.165, 1.54) is 6.92 Å². The predicted octanol–water partition coefficient (Wildman–Crippen LogP) is 1.61. The average molecular weight is 206 g/mol. The van der Waals surface area contributed by atoms with Gasteiger partial charge in [0.25, 0.3) is 0 Å². The van der Waals surface area contributed by atoms with Crippen LogP contribution in [0.5, 0.6) is 0 Å². The van der Waals surface area contributed by atoms with Gasteiger partial charge in [-0.3, -0.25) is 4.55 Å². The summed E-state index contributed by atoms with van der Waals surface area (Å²) in [7, 11) is -5.63. The maximum absolute atomic E-state index is 12.4. The van der Waals surface area contributed by atoms with E-state index in [4.69, 9.17) is 4.55 Å². The van der Waals surface area contributed by atoms with Gasteiger partial charge in [-0.05, 0) is 6.42 Å². The van der Waals surface area contributed by atoms with Crippen molar-refractivity contribution in [3.63, 3.8) is 0 Å². The standard InChI is InChI=1S/C5H9F3O3S/c1-2-3-4(6)5(7,8)12(9,10)11/h4H,2-3H2,1H3,(H,9,10,11). The van der Waals surface area contributed by atoms with Gasteiger partial charge in [-0.25, -0.2) is 4.39 Å². The molecular weight excluding hydrogens is 197 g/mol. The van der Waals surface area contributed by atoms with E-state index in [0.717, 1.165) is 0 Å². The lowest BCUT2D eigenvalue weighted by atomic mass is 10.2. The number of hydrogen-bond donors (Lipinski definition) is 1. The first-order chi connectivity index (χ1) is 5.23. The maximum Gasteiger partial charge on any atom is 0.400 e. The highest BCUT2D eigenvalue weighted by atomic mass is 32.2. The molecule has 0 aromatic carbocycles. The molecule has 0 radical (unpaired) electrons. The van der Waals surface area contributed by atoms with Crippen molar-refractivity contribution in [2.75, 3.05) is 0 Å². The van der Waals surface area contributed by atoms with Crippen molar-refractivity contribution in [3.05, 3.63) is 0 Å². The van der Waals surface area contributed by atoms with Crippen molar-refractivity contribution < 1.29 is 26.1 Å². The van der Waals surface area contributed by atoms with Crippen LogP contribution in [0, 0.1) is 0 Å². The van der Waals surface area contributed by atoms with Crippen LogP contribution in [0.4, 0.5) is 13.2 Å². The molecule has 0 heterocycles. The van der Waals surface area contributed by atoms with Gasteiger partial charge < -0.3 is 0 Å². The Kier molecular flexibility index (Phi) is 3.52. The Morgan fingerprint density at radius 3 is 2.17 bits per heavy atom. The molecular formula is C5H9F3O3S. The molecule has 1 N–H and O–H groups in total. The summed E-state index contributed by atoms with van der Waals surface area (Å²) in [6.45, 7) is 1.42. The topological polar surface area (TPSA) is 54.4 Å². The Morgan fingerprint density at radius 1 is 1.50 bits per heavy atom. The first-order valence-corrected chi connectivity index (χ1v) is 4.66. The second-order valence-electron chi connectivity index (χ2n) is 2.29. The molecule has 0 aliphatic carbocycles. The summed E-state index contributed by atoms with van der Waals surface area (Å²) in [4.78, 5) is 0.